The lowest BCUT2D eigenvalue weighted by Gasteiger charge is -2.12. The van der Waals surface area contributed by atoms with Gasteiger partial charge in [0.1, 0.15) is 12.4 Å². The Kier molecular flexibility index (Phi) is 10.9. The molecule has 0 bridgehead atoms. The fraction of sp³-hybridized carbons (Fsp3) is 0.188. The van der Waals surface area contributed by atoms with E-state index in [0.29, 0.717) is 12.3 Å². The van der Waals surface area contributed by atoms with Gasteiger partial charge in [0, 0.05) is 29.4 Å². The topological polar surface area (TPSA) is 119 Å². The third kappa shape index (κ3) is 9.37. The van der Waals surface area contributed by atoms with E-state index in [-0.39, 0.29) is 32.3 Å². The first kappa shape index (κ1) is 29.6. The van der Waals surface area contributed by atoms with Gasteiger partial charge in [0.05, 0.1) is 20.1 Å². The summed E-state index contributed by atoms with van der Waals surface area (Å²) in [6.07, 6.45) is 2.90. The monoisotopic (exact) mass is 569 g/mol. The maximum absolute atomic E-state index is 12.5. The lowest BCUT2D eigenvalue weighted by atomic mass is 10.0. The van der Waals surface area contributed by atoms with Crippen molar-refractivity contribution in [3.05, 3.63) is 115 Å². The van der Waals surface area contributed by atoms with Gasteiger partial charge in [-0.1, -0.05) is 60.7 Å². The highest BCUT2D eigenvalue weighted by Gasteiger charge is 2.10. The molecule has 1 heterocycles. The maximum atomic E-state index is 12.5. The van der Waals surface area contributed by atoms with Gasteiger partial charge in [0.25, 0.3) is 6.73 Å². The van der Waals surface area contributed by atoms with Crippen LogP contribution in [0.25, 0.3) is 11.1 Å². The van der Waals surface area contributed by atoms with Crippen LogP contribution < -0.4 is 25.3 Å². The van der Waals surface area contributed by atoms with Crippen LogP contribution in [0.2, 0.25) is 0 Å². The Hall–Kier alpha value is -5.38. The zero-order chi connectivity index (χ0) is 29.6. The van der Waals surface area contributed by atoms with Crippen molar-refractivity contribution < 1.29 is 33.2 Å². The van der Waals surface area contributed by atoms with E-state index in [9.17, 15) is 14.4 Å². The molecule has 0 radical (unpaired) electrons. The van der Waals surface area contributed by atoms with Gasteiger partial charge in [0.15, 0.2) is 12.4 Å². The summed E-state index contributed by atoms with van der Waals surface area (Å²) in [7, 11) is 1.28. The average molecular weight is 570 g/mol. The number of ether oxygens (including phenoxy) is 3. The van der Waals surface area contributed by atoms with Crippen LogP contribution >= 0.6 is 0 Å². The fourth-order valence-corrected chi connectivity index (χ4v) is 3.97. The number of hydrogen-bond acceptors (Lipinski definition) is 6. The number of aromatic nitrogens is 1. The Morgan fingerprint density at radius 2 is 1.57 bits per heavy atom. The molecule has 3 N–H and O–H groups in total. The summed E-state index contributed by atoms with van der Waals surface area (Å²) in [5.74, 6) is 0.384. The van der Waals surface area contributed by atoms with E-state index < -0.39 is 12.1 Å². The lowest BCUT2D eigenvalue weighted by molar-refractivity contribution is -0.727. The molecule has 3 amide bonds. The molecule has 0 unspecified atom stereocenters. The van der Waals surface area contributed by atoms with Crippen molar-refractivity contribution in [2.75, 3.05) is 19.0 Å². The predicted octanol–water partition coefficient (Wildman–Crippen LogP) is 4.79. The Labute approximate surface area is 244 Å². The minimum absolute atomic E-state index is 0.0298. The van der Waals surface area contributed by atoms with E-state index in [1.54, 1.807) is 23.0 Å². The van der Waals surface area contributed by atoms with Crippen LogP contribution in [0, 0.1) is 0 Å². The van der Waals surface area contributed by atoms with Gasteiger partial charge >= 0.3 is 18.1 Å². The van der Waals surface area contributed by atoms with E-state index in [4.69, 9.17) is 9.47 Å². The molecule has 10 nitrogen and oxygen atoms in total. The fourth-order valence-electron chi connectivity index (χ4n) is 3.97. The standard InChI is InChI=1S/C32H32N4O6/c1-40-30(37)17-18-33-32(39)42-23-36-19-7-8-25(21-36)20-34-31(38)35-27-15-13-24(14-16-27)22-41-29-12-6-5-11-28(29)26-9-3-2-4-10-26/h2-16,19,21H,17-18,20,22-23H2,1H3,(H2-,33,34,35,38,39)/p+1. The van der Waals surface area contributed by atoms with Crippen LogP contribution in [0.3, 0.4) is 0 Å². The maximum Gasteiger partial charge on any atom is 0.412 e. The normalized spacial score (nSPS) is 10.3. The number of alkyl carbamates (subject to hydrolysis) is 1. The molecule has 0 aliphatic rings. The number of benzene rings is 3. The SMILES string of the molecule is COC(=O)CCNC(=O)OC[n+]1cccc(CNC(=O)Nc2ccc(COc3ccccc3-c3ccccc3)cc2)c1. The van der Waals surface area contributed by atoms with Gasteiger partial charge in [-0.3, -0.25) is 4.79 Å². The van der Waals surface area contributed by atoms with E-state index in [0.717, 1.165) is 28.0 Å². The first-order valence-electron chi connectivity index (χ1n) is 13.4. The third-order valence-electron chi connectivity index (χ3n) is 6.12. The van der Waals surface area contributed by atoms with Crippen LogP contribution in [0.15, 0.2) is 103 Å². The number of carbonyl (C=O) groups excluding carboxylic acids is 3. The van der Waals surface area contributed by atoms with Gasteiger partial charge in [0.2, 0.25) is 0 Å². The number of rotatable bonds is 12. The molecular weight excluding hydrogens is 536 g/mol. The number of nitrogens with one attached hydrogen (secondary N) is 3. The molecule has 0 saturated heterocycles. The molecule has 1 aromatic heterocycles. The van der Waals surface area contributed by atoms with Crippen molar-refractivity contribution in [2.24, 2.45) is 0 Å². The zero-order valence-corrected chi connectivity index (χ0v) is 23.2. The summed E-state index contributed by atoms with van der Waals surface area (Å²) >= 11 is 0. The van der Waals surface area contributed by atoms with Crippen molar-refractivity contribution in [3.8, 4) is 16.9 Å². The van der Waals surface area contributed by atoms with E-state index >= 15 is 0 Å². The van der Waals surface area contributed by atoms with E-state index in [2.05, 4.69) is 32.8 Å². The van der Waals surface area contributed by atoms with Crippen LogP contribution in [0.4, 0.5) is 15.3 Å². The van der Waals surface area contributed by atoms with Crippen molar-refractivity contribution in [2.45, 2.75) is 26.3 Å². The molecule has 0 spiro atoms. The van der Waals surface area contributed by atoms with Gasteiger partial charge in [-0.15, -0.1) is 0 Å². The Morgan fingerprint density at radius 3 is 2.36 bits per heavy atom. The van der Waals surface area contributed by atoms with Crippen LogP contribution in [-0.2, 0) is 34.2 Å². The van der Waals surface area contributed by atoms with Crippen LogP contribution in [0.1, 0.15) is 17.5 Å². The summed E-state index contributed by atoms with van der Waals surface area (Å²) in [5, 5.41) is 8.11. The summed E-state index contributed by atoms with van der Waals surface area (Å²) in [5.41, 5.74) is 4.55. The smallest absolute Gasteiger partial charge is 0.412 e. The van der Waals surface area contributed by atoms with Gasteiger partial charge < -0.3 is 30.2 Å². The minimum Gasteiger partial charge on any atom is -0.488 e. The third-order valence-corrected chi connectivity index (χ3v) is 6.12. The number of hydrogen-bond donors (Lipinski definition) is 3. The zero-order valence-electron chi connectivity index (χ0n) is 23.2. The molecule has 3 aromatic carbocycles. The number of amides is 3. The second-order valence-corrected chi connectivity index (χ2v) is 9.20. The molecule has 216 valence electrons. The summed E-state index contributed by atoms with van der Waals surface area (Å²) in [4.78, 5) is 35.3. The predicted molar refractivity (Wildman–Crippen MR) is 156 cm³/mol. The molecule has 42 heavy (non-hydrogen) atoms. The molecule has 4 rings (SSSR count). The van der Waals surface area contributed by atoms with E-state index in [1.807, 2.05) is 72.8 Å². The molecule has 0 fully saturated rings. The van der Waals surface area contributed by atoms with Gasteiger partial charge in [-0.25, -0.2) is 9.59 Å². The Balaban J connectivity index is 1.20. The minimum atomic E-state index is -0.649. The molecule has 10 heteroatoms. The number of pyridine rings is 1. The number of esters is 1. The second kappa shape index (κ2) is 15.4. The lowest BCUT2D eigenvalue weighted by Crippen LogP contribution is -2.39. The molecule has 0 saturated carbocycles. The van der Waals surface area contributed by atoms with Crippen LogP contribution in [0.5, 0.6) is 5.75 Å². The van der Waals surface area contributed by atoms with Crippen LogP contribution in [-0.4, -0.2) is 31.7 Å². The Bertz CT molecular complexity index is 1480. The first-order chi connectivity index (χ1) is 20.5. The number of methoxy groups -OCH3 is 1. The molecule has 4 aromatic rings. The number of carbonyl (C=O) groups is 3. The summed E-state index contributed by atoms with van der Waals surface area (Å²) in [6, 6.07) is 28.8. The first-order valence-corrected chi connectivity index (χ1v) is 13.4. The van der Waals surface area contributed by atoms with E-state index in [1.165, 1.54) is 7.11 Å². The number of para-hydroxylation sites is 1. The number of urea groups is 1. The molecule has 0 atom stereocenters. The Morgan fingerprint density at radius 1 is 0.810 bits per heavy atom. The largest absolute Gasteiger partial charge is 0.488 e. The highest BCUT2D eigenvalue weighted by molar-refractivity contribution is 5.89. The molecular formula is C32H33N4O6+. The summed E-state index contributed by atoms with van der Waals surface area (Å²) < 4.78 is 17.4. The van der Waals surface area contributed by atoms with Gasteiger partial charge in [-0.05, 0) is 35.4 Å². The average Bonchev–Trinajstić information content (AvgIpc) is 3.03. The van der Waals surface area contributed by atoms with Crippen molar-refractivity contribution in [1.82, 2.24) is 10.6 Å². The quantitative estimate of drug-likeness (QED) is 0.167. The van der Waals surface area contributed by atoms with Crippen molar-refractivity contribution in [3.63, 3.8) is 0 Å². The number of nitrogens with zero attached hydrogens (tertiary/aromatic N) is 1. The summed E-state index contributed by atoms with van der Waals surface area (Å²) in [6.45, 7) is 0.751. The van der Waals surface area contributed by atoms with Gasteiger partial charge in [-0.2, -0.15) is 4.57 Å². The number of anilines is 1. The van der Waals surface area contributed by atoms with Crippen molar-refractivity contribution >= 4 is 23.8 Å². The van der Waals surface area contributed by atoms with Crippen molar-refractivity contribution in [1.29, 1.82) is 0 Å². The molecule has 0 aliphatic carbocycles. The second-order valence-electron chi connectivity index (χ2n) is 9.20. The highest BCUT2D eigenvalue weighted by Crippen LogP contribution is 2.30. The highest BCUT2D eigenvalue weighted by atomic mass is 16.6. The molecule has 0 aliphatic heterocycles.